The van der Waals surface area contributed by atoms with Gasteiger partial charge in [0.25, 0.3) is 5.91 Å². The number of aromatic nitrogens is 3. The van der Waals surface area contributed by atoms with Crippen LogP contribution in [0.5, 0.6) is 0 Å². The first-order valence-electron chi connectivity index (χ1n) is 9.52. The van der Waals surface area contributed by atoms with Gasteiger partial charge in [-0.3, -0.25) is 4.79 Å². The molecule has 2 aliphatic heterocycles. The highest BCUT2D eigenvalue weighted by Gasteiger charge is 2.54. The first kappa shape index (κ1) is 18.8. The molecular weight excluding hydrogens is 362 g/mol. The number of aliphatic hydroxyl groups is 1. The van der Waals surface area contributed by atoms with Gasteiger partial charge in [-0.1, -0.05) is 5.16 Å². The van der Waals surface area contributed by atoms with Crippen LogP contribution < -0.4 is 10.2 Å². The third-order valence-corrected chi connectivity index (χ3v) is 5.81. The van der Waals surface area contributed by atoms with E-state index in [0.717, 1.165) is 0 Å². The molecule has 0 aromatic carbocycles. The quantitative estimate of drug-likeness (QED) is 0.804. The number of nitrogens with zero attached hydrogens (tertiary/aromatic N) is 4. The molecule has 0 unspecified atom stereocenters. The van der Waals surface area contributed by atoms with Gasteiger partial charge < -0.3 is 24.6 Å². The van der Waals surface area contributed by atoms with Crippen molar-refractivity contribution in [3.63, 3.8) is 0 Å². The second kappa shape index (κ2) is 7.14. The third kappa shape index (κ3) is 3.35. The molecule has 0 bridgehead atoms. The van der Waals surface area contributed by atoms with Crippen LogP contribution in [0.2, 0.25) is 0 Å². The Hall–Kier alpha value is -2.52. The van der Waals surface area contributed by atoms with Gasteiger partial charge in [0.15, 0.2) is 0 Å². The lowest BCUT2D eigenvalue weighted by molar-refractivity contribution is -0.195. The molecule has 2 aliphatic rings. The van der Waals surface area contributed by atoms with Gasteiger partial charge in [-0.05, 0) is 39.2 Å². The molecule has 9 heteroatoms. The molecule has 1 spiro atoms. The largest absolute Gasteiger partial charge is 0.388 e. The molecule has 2 fully saturated rings. The molecule has 4 heterocycles. The Kier molecular flexibility index (Phi) is 4.80. The van der Waals surface area contributed by atoms with E-state index in [1.165, 1.54) is 0 Å². The maximum Gasteiger partial charge on any atom is 0.290 e. The van der Waals surface area contributed by atoms with Gasteiger partial charge in [0.05, 0.1) is 16.8 Å². The number of aliphatic hydroxyl groups excluding tert-OH is 1. The Morgan fingerprint density at radius 3 is 2.64 bits per heavy atom. The number of ether oxygens (including phenoxy) is 1. The Labute approximate surface area is 163 Å². The van der Waals surface area contributed by atoms with Crippen molar-refractivity contribution in [2.45, 2.75) is 50.4 Å². The van der Waals surface area contributed by atoms with Crippen molar-refractivity contribution < 1.29 is 19.2 Å². The second-order valence-electron chi connectivity index (χ2n) is 7.81. The first-order chi connectivity index (χ1) is 13.4. The van der Waals surface area contributed by atoms with Crippen molar-refractivity contribution in [2.75, 3.05) is 24.6 Å². The van der Waals surface area contributed by atoms with E-state index >= 15 is 0 Å². The highest BCUT2D eigenvalue weighted by Crippen LogP contribution is 2.40. The molecule has 2 saturated heterocycles. The molecule has 28 heavy (non-hydrogen) atoms. The van der Waals surface area contributed by atoms with Crippen molar-refractivity contribution in [2.24, 2.45) is 0 Å². The van der Waals surface area contributed by atoms with Crippen molar-refractivity contribution in [1.82, 2.24) is 20.4 Å². The molecule has 9 nitrogen and oxygen atoms in total. The summed E-state index contributed by atoms with van der Waals surface area (Å²) in [6.45, 7) is 5.42. The van der Waals surface area contributed by atoms with Crippen LogP contribution in [0.4, 0.5) is 5.95 Å². The van der Waals surface area contributed by atoms with Crippen LogP contribution in [-0.4, -0.2) is 63.1 Å². The van der Waals surface area contributed by atoms with Crippen LogP contribution in [0.25, 0.3) is 0 Å². The van der Waals surface area contributed by atoms with Gasteiger partial charge in [0.2, 0.25) is 11.7 Å². The number of anilines is 1. The average molecular weight is 387 g/mol. The summed E-state index contributed by atoms with van der Waals surface area (Å²) in [5.41, 5.74) is -0.889. The van der Waals surface area contributed by atoms with Crippen molar-refractivity contribution in [3.05, 3.63) is 36.0 Å². The van der Waals surface area contributed by atoms with E-state index in [4.69, 9.17) is 9.26 Å². The fourth-order valence-electron chi connectivity index (χ4n) is 4.14. The molecule has 2 aromatic heterocycles. The first-order valence-corrected chi connectivity index (χ1v) is 9.52. The summed E-state index contributed by atoms with van der Waals surface area (Å²) < 4.78 is 11.1. The molecule has 150 valence electrons. The predicted octanol–water partition coefficient (Wildman–Crippen LogP) is 1.08. The highest BCUT2D eigenvalue weighted by atomic mass is 16.5. The van der Waals surface area contributed by atoms with E-state index < -0.39 is 17.2 Å². The van der Waals surface area contributed by atoms with Crippen LogP contribution in [0.15, 0.2) is 29.0 Å². The van der Waals surface area contributed by atoms with Crippen molar-refractivity contribution in [1.29, 1.82) is 0 Å². The number of carbonyl (C=O) groups is 1. The molecule has 0 radical (unpaired) electrons. The van der Waals surface area contributed by atoms with Crippen molar-refractivity contribution in [3.8, 4) is 0 Å². The number of carbonyl (C=O) groups excluding carboxylic acids is 1. The van der Waals surface area contributed by atoms with Crippen molar-refractivity contribution >= 4 is 11.9 Å². The molecule has 2 atom stereocenters. The highest BCUT2D eigenvalue weighted by molar-refractivity contribution is 5.92. The summed E-state index contributed by atoms with van der Waals surface area (Å²) in [5, 5.41) is 17.9. The lowest BCUT2D eigenvalue weighted by Crippen LogP contribution is -2.69. The number of piperidine rings is 1. The number of hydrogen-bond donors (Lipinski definition) is 2. The molecule has 2 N–H and O–H groups in total. The van der Waals surface area contributed by atoms with E-state index in [2.05, 4.69) is 25.3 Å². The SMILES string of the molecule is Cc1cc(C(=O)N[C@@]2(C)CCOC3(CCN(c4ncccn4)CC3)[C@@H]2O)on1. The summed E-state index contributed by atoms with van der Waals surface area (Å²) in [6.07, 6.45) is 4.35. The number of hydrogen-bond acceptors (Lipinski definition) is 8. The molecule has 2 aromatic rings. The number of aryl methyl sites for hydroxylation is 1. The standard InChI is InChI=1S/C19H25N5O4/c1-13-12-14(28-23-13)15(25)22-18(2)6-11-27-19(16(18)26)4-9-24(10-5-19)17-20-7-3-8-21-17/h3,7-8,12,16,26H,4-6,9-11H2,1-2H3,(H,22,25)/t16-,18+/m1/s1. The number of rotatable bonds is 3. The van der Waals surface area contributed by atoms with Crippen LogP contribution in [0, 0.1) is 6.92 Å². The summed E-state index contributed by atoms with van der Waals surface area (Å²) in [6, 6.07) is 3.37. The second-order valence-corrected chi connectivity index (χ2v) is 7.81. The van der Waals surface area contributed by atoms with Gasteiger partial charge in [-0.15, -0.1) is 0 Å². The Balaban J connectivity index is 1.47. The van der Waals surface area contributed by atoms with Gasteiger partial charge in [-0.25, -0.2) is 9.97 Å². The molecular formula is C19H25N5O4. The van der Waals surface area contributed by atoms with E-state index in [1.807, 2.05) is 6.92 Å². The Morgan fingerprint density at radius 1 is 1.29 bits per heavy atom. The van der Waals surface area contributed by atoms with Gasteiger partial charge >= 0.3 is 0 Å². The van der Waals surface area contributed by atoms with Crippen LogP contribution >= 0.6 is 0 Å². The van der Waals surface area contributed by atoms with E-state index in [-0.39, 0.29) is 11.7 Å². The van der Waals surface area contributed by atoms with Gasteiger partial charge in [0.1, 0.15) is 6.10 Å². The summed E-state index contributed by atoms with van der Waals surface area (Å²) in [4.78, 5) is 23.2. The summed E-state index contributed by atoms with van der Waals surface area (Å²) in [5.74, 6) is 0.441. The fourth-order valence-corrected chi connectivity index (χ4v) is 4.14. The number of nitrogens with one attached hydrogen (secondary N) is 1. The van der Waals surface area contributed by atoms with Gasteiger partial charge in [-0.2, -0.15) is 0 Å². The van der Waals surface area contributed by atoms with E-state index in [1.54, 1.807) is 31.5 Å². The lowest BCUT2D eigenvalue weighted by Gasteiger charge is -2.53. The zero-order valence-corrected chi connectivity index (χ0v) is 16.1. The molecule has 0 aliphatic carbocycles. The Morgan fingerprint density at radius 2 is 2.00 bits per heavy atom. The molecule has 4 rings (SSSR count). The van der Waals surface area contributed by atoms with E-state index in [9.17, 15) is 9.90 Å². The summed E-state index contributed by atoms with van der Waals surface area (Å²) in [7, 11) is 0. The molecule has 1 amide bonds. The fraction of sp³-hybridized carbons (Fsp3) is 0.579. The molecule has 0 saturated carbocycles. The van der Waals surface area contributed by atoms with Crippen LogP contribution in [0.3, 0.4) is 0 Å². The summed E-state index contributed by atoms with van der Waals surface area (Å²) >= 11 is 0. The normalized spacial score (nSPS) is 27.0. The minimum atomic E-state index is -0.847. The minimum Gasteiger partial charge on any atom is -0.388 e. The number of amides is 1. The maximum absolute atomic E-state index is 12.6. The topological polar surface area (TPSA) is 114 Å². The lowest BCUT2D eigenvalue weighted by atomic mass is 9.73. The predicted molar refractivity (Wildman–Crippen MR) is 99.9 cm³/mol. The monoisotopic (exact) mass is 387 g/mol. The third-order valence-electron chi connectivity index (χ3n) is 5.81. The van der Waals surface area contributed by atoms with Gasteiger partial charge in [0, 0.05) is 38.2 Å². The maximum atomic E-state index is 12.6. The zero-order valence-electron chi connectivity index (χ0n) is 16.1. The smallest absolute Gasteiger partial charge is 0.290 e. The average Bonchev–Trinajstić information content (AvgIpc) is 3.14. The van der Waals surface area contributed by atoms with Crippen LogP contribution in [-0.2, 0) is 4.74 Å². The Bertz CT molecular complexity index is 834. The van der Waals surface area contributed by atoms with Crippen LogP contribution in [0.1, 0.15) is 42.4 Å². The minimum absolute atomic E-state index is 0.141. The van der Waals surface area contributed by atoms with E-state index in [0.29, 0.717) is 50.6 Å². The zero-order chi connectivity index (χ0) is 19.8.